The Morgan fingerprint density at radius 1 is 1.20 bits per heavy atom. The minimum absolute atomic E-state index is 0.576. The molecule has 1 aliphatic carbocycles. The van der Waals surface area contributed by atoms with E-state index in [9.17, 15) is 0 Å². The number of hydrogen-bond donors (Lipinski definition) is 0. The highest BCUT2D eigenvalue weighted by atomic mass is 15.3. The Hall–Kier alpha value is -0.730. The summed E-state index contributed by atoms with van der Waals surface area (Å²) in [5.74, 6) is 2.73. The molecule has 88 valence electrons. The fourth-order valence-electron chi connectivity index (χ4n) is 2.03. The monoisotopic (exact) mass is 211 g/mol. The standard InChI is InChI=1S/C12H25N3/c1-9(2)7-10-8-11(10)13-12(14(3)4)15(5)6/h9-11H,7-8H2,1-6H3/t10-,11-/m1/s1. The first-order valence-electron chi connectivity index (χ1n) is 5.84. The molecule has 0 bridgehead atoms. The normalized spacial score (nSPS) is 23.9. The molecule has 2 atom stereocenters. The van der Waals surface area contributed by atoms with Gasteiger partial charge in [-0.25, -0.2) is 4.99 Å². The van der Waals surface area contributed by atoms with Crippen molar-refractivity contribution in [2.45, 2.75) is 32.7 Å². The molecule has 1 fully saturated rings. The van der Waals surface area contributed by atoms with Crippen LogP contribution in [0, 0.1) is 11.8 Å². The topological polar surface area (TPSA) is 18.8 Å². The fraction of sp³-hybridized carbons (Fsp3) is 0.917. The number of guanidine groups is 1. The third-order valence-electron chi connectivity index (χ3n) is 2.74. The third-order valence-corrected chi connectivity index (χ3v) is 2.74. The smallest absolute Gasteiger partial charge is 0.195 e. The number of aliphatic imine (C=N–C) groups is 1. The SMILES string of the molecule is CC(C)C[C@@H]1C[C@H]1N=C(N(C)C)N(C)C. The molecular weight excluding hydrogens is 186 g/mol. The molecule has 0 aromatic heterocycles. The lowest BCUT2D eigenvalue weighted by Gasteiger charge is -2.22. The summed E-state index contributed by atoms with van der Waals surface area (Å²) in [6, 6.07) is 0.576. The summed E-state index contributed by atoms with van der Waals surface area (Å²) < 4.78 is 0. The minimum Gasteiger partial charge on any atom is -0.349 e. The molecule has 0 amide bonds. The highest BCUT2D eigenvalue weighted by molar-refractivity contribution is 5.79. The average molecular weight is 211 g/mol. The van der Waals surface area contributed by atoms with Crippen molar-refractivity contribution in [3.8, 4) is 0 Å². The summed E-state index contributed by atoms with van der Waals surface area (Å²) in [5.41, 5.74) is 0. The molecule has 0 N–H and O–H groups in total. The Kier molecular flexibility index (Phi) is 4.00. The molecule has 0 unspecified atom stereocenters. The molecule has 3 nitrogen and oxygen atoms in total. The van der Waals surface area contributed by atoms with Crippen LogP contribution in [0.25, 0.3) is 0 Å². The van der Waals surface area contributed by atoms with Gasteiger partial charge in [-0.05, 0) is 24.7 Å². The zero-order valence-electron chi connectivity index (χ0n) is 11.0. The lowest BCUT2D eigenvalue weighted by molar-refractivity contribution is 0.474. The lowest BCUT2D eigenvalue weighted by Crippen LogP contribution is -2.35. The lowest BCUT2D eigenvalue weighted by atomic mass is 10.1. The summed E-state index contributed by atoms with van der Waals surface area (Å²) in [7, 11) is 8.22. The first-order valence-corrected chi connectivity index (χ1v) is 5.84. The zero-order chi connectivity index (χ0) is 11.6. The van der Waals surface area contributed by atoms with E-state index >= 15 is 0 Å². The van der Waals surface area contributed by atoms with Crippen LogP contribution in [0.5, 0.6) is 0 Å². The molecule has 0 saturated heterocycles. The molecule has 1 aliphatic rings. The van der Waals surface area contributed by atoms with Gasteiger partial charge in [0, 0.05) is 28.2 Å². The van der Waals surface area contributed by atoms with Crippen LogP contribution < -0.4 is 0 Å². The van der Waals surface area contributed by atoms with Gasteiger partial charge in [0.15, 0.2) is 5.96 Å². The van der Waals surface area contributed by atoms with Gasteiger partial charge in [0.25, 0.3) is 0 Å². The van der Waals surface area contributed by atoms with Crippen molar-refractivity contribution in [1.82, 2.24) is 9.80 Å². The van der Waals surface area contributed by atoms with Gasteiger partial charge < -0.3 is 9.80 Å². The maximum atomic E-state index is 4.79. The van der Waals surface area contributed by atoms with Crippen LogP contribution in [-0.2, 0) is 0 Å². The molecule has 0 aliphatic heterocycles. The molecule has 0 heterocycles. The number of hydrogen-bond acceptors (Lipinski definition) is 1. The molecule has 0 radical (unpaired) electrons. The van der Waals surface area contributed by atoms with E-state index in [1.807, 2.05) is 0 Å². The molecule has 1 saturated carbocycles. The quantitative estimate of drug-likeness (QED) is 0.524. The summed E-state index contributed by atoms with van der Waals surface area (Å²) in [6.07, 6.45) is 2.60. The first kappa shape index (κ1) is 12.3. The largest absolute Gasteiger partial charge is 0.349 e. The molecular formula is C12H25N3. The highest BCUT2D eigenvalue weighted by Gasteiger charge is 2.37. The molecule has 1 rings (SSSR count). The summed E-state index contributed by atoms with van der Waals surface area (Å²) in [5, 5.41) is 0. The van der Waals surface area contributed by atoms with E-state index in [1.54, 1.807) is 0 Å². The van der Waals surface area contributed by atoms with Gasteiger partial charge in [0.2, 0.25) is 0 Å². The maximum absolute atomic E-state index is 4.79. The van der Waals surface area contributed by atoms with Gasteiger partial charge in [-0.2, -0.15) is 0 Å². The number of nitrogens with zero attached hydrogens (tertiary/aromatic N) is 3. The van der Waals surface area contributed by atoms with Crippen molar-refractivity contribution in [3.05, 3.63) is 0 Å². The Morgan fingerprint density at radius 2 is 1.73 bits per heavy atom. The van der Waals surface area contributed by atoms with Crippen molar-refractivity contribution in [1.29, 1.82) is 0 Å². The summed E-state index contributed by atoms with van der Waals surface area (Å²) in [4.78, 5) is 8.97. The van der Waals surface area contributed by atoms with Crippen LogP contribution in [-0.4, -0.2) is 50.0 Å². The second-order valence-corrected chi connectivity index (χ2v) is 5.41. The van der Waals surface area contributed by atoms with Crippen LogP contribution in [0.1, 0.15) is 26.7 Å². The van der Waals surface area contributed by atoms with E-state index in [2.05, 4.69) is 51.8 Å². The predicted molar refractivity (Wildman–Crippen MR) is 66.2 cm³/mol. The molecule has 0 spiro atoms. The van der Waals surface area contributed by atoms with Crippen molar-refractivity contribution in [2.24, 2.45) is 16.8 Å². The Labute approximate surface area is 94.2 Å². The first-order chi connectivity index (χ1) is 6.91. The van der Waals surface area contributed by atoms with Crippen molar-refractivity contribution in [2.75, 3.05) is 28.2 Å². The fourth-order valence-corrected chi connectivity index (χ4v) is 2.03. The van der Waals surface area contributed by atoms with E-state index in [0.29, 0.717) is 6.04 Å². The molecule has 3 heteroatoms. The maximum Gasteiger partial charge on any atom is 0.195 e. The van der Waals surface area contributed by atoms with Crippen molar-refractivity contribution >= 4 is 5.96 Å². The van der Waals surface area contributed by atoms with Crippen LogP contribution in [0.4, 0.5) is 0 Å². The van der Waals surface area contributed by atoms with E-state index in [0.717, 1.165) is 17.8 Å². The summed E-state index contributed by atoms with van der Waals surface area (Å²) in [6.45, 7) is 4.58. The molecule has 15 heavy (non-hydrogen) atoms. The third kappa shape index (κ3) is 3.73. The Bertz CT molecular complexity index is 221. The van der Waals surface area contributed by atoms with E-state index in [1.165, 1.54) is 12.8 Å². The van der Waals surface area contributed by atoms with Crippen LogP contribution in [0.2, 0.25) is 0 Å². The molecule has 0 aromatic carbocycles. The zero-order valence-corrected chi connectivity index (χ0v) is 11.0. The minimum atomic E-state index is 0.576. The van der Waals surface area contributed by atoms with Gasteiger partial charge in [-0.3, -0.25) is 0 Å². The van der Waals surface area contributed by atoms with Gasteiger partial charge in [-0.15, -0.1) is 0 Å². The van der Waals surface area contributed by atoms with Crippen LogP contribution >= 0.6 is 0 Å². The van der Waals surface area contributed by atoms with Gasteiger partial charge in [0.1, 0.15) is 0 Å². The molecule has 0 aromatic rings. The summed E-state index contributed by atoms with van der Waals surface area (Å²) >= 11 is 0. The second kappa shape index (κ2) is 4.86. The second-order valence-electron chi connectivity index (χ2n) is 5.41. The van der Waals surface area contributed by atoms with E-state index in [4.69, 9.17) is 4.99 Å². The number of rotatable bonds is 3. The van der Waals surface area contributed by atoms with Crippen LogP contribution in [0.15, 0.2) is 4.99 Å². The van der Waals surface area contributed by atoms with Crippen molar-refractivity contribution in [3.63, 3.8) is 0 Å². The van der Waals surface area contributed by atoms with Gasteiger partial charge >= 0.3 is 0 Å². The highest BCUT2D eigenvalue weighted by Crippen LogP contribution is 2.39. The van der Waals surface area contributed by atoms with E-state index in [-0.39, 0.29) is 0 Å². The van der Waals surface area contributed by atoms with Gasteiger partial charge in [0.05, 0.1) is 6.04 Å². The average Bonchev–Trinajstić information content (AvgIpc) is 2.76. The predicted octanol–water partition coefficient (Wildman–Crippen LogP) is 1.90. The van der Waals surface area contributed by atoms with E-state index < -0.39 is 0 Å². The van der Waals surface area contributed by atoms with Crippen molar-refractivity contribution < 1.29 is 0 Å². The Balaban J connectivity index is 2.49. The Morgan fingerprint density at radius 3 is 2.13 bits per heavy atom. The van der Waals surface area contributed by atoms with Gasteiger partial charge in [-0.1, -0.05) is 13.8 Å². The van der Waals surface area contributed by atoms with Crippen LogP contribution in [0.3, 0.4) is 0 Å².